The van der Waals surface area contributed by atoms with Crippen molar-refractivity contribution in [3.8, 4) is 17.0 Å². The molecule has 0 N–H and O–H groups in total. The summed E-state index contributed by atoms with van der Waals surface area (Å²) in [5.74, 6) is 1.38. The molecule has 1 aromatic carbocycles. The van der Waals surface area contributed by atoms with Crippen molar-refractivity contribution in [2.45, 2.75) is 32.8 Å². The molecule has 0 radical (unpaired) electrons. The van der Waals surface area contributed by atoms with Crippen LogP contribution in [0.2, 0.25) is 0 Å². The van der Waals surface area contributed by atoms with Gasteiger partial charge in [-0.25, -0.2) is 0 Å². The molecule has 0 atom stereocenters. The molecule has 19 heavy (non-hydrogen) atoms. The molecule has 2 nitrogen and oxygen atoms in total. The van der Waals surface area contributed by atoms with Crippen molar-refractivity contribution in [3.05, 3.63) is 47.7 Å². The number of alkyl halides is 1. The fraction of sp³-hybridized carbons (Fsp3) is 0.312. The second-order valence-electron chi connectivity index (χ2n) is 4.77. The maximum atomic E-state index is 5.84. The highest BCUT2D eigenvalue weighted by atomic mass is 35.5. The normalized spacial score (nSPS) is 10.8. The van der Waals surface area contributed by atoms with Crippen LogP contribution in [0, 0.1) is 6.92 Å². The van der Waals surface area contributed by atoms with E-state index in [1.165, 1.54) is 0 Å². The van der Waals surface area contributed by atoms with Crippen LogP contribution in [-0.4, -0.2) is 11.1 Å². The van der Waals surface area contributed by atoms with Gasteiger partial charge in [0.2, 0.25) is 0 Å². The lowest BCUT2D eigenvalue weighted by Crippen LogP contribution is -2.05. The zero-order chi connectivity index (χ0) is 13.8. The van der Waals surface area contributed by atoms with E-state index in [0.29, 0.717) is 5.88 Å². The average Bonchev–Trinajstić information content (AvgIpc) is 2.39. The maximum absolute atomic E-state index is 5.84. The van der Waals surface area contributed by atoms with Gasteiger partial charge in [0.15, 0.2) is 0 Å². The van der Waals surface area contributed by atoms with Crippen molar-refractivity contribution >= 4 is 11.6 Å². The summed E-state index contributed by atoms with van der Waals surface area (Å²) in [5, 5.41) is 0. The van der Waals surface area contributed by atoms with Gasteiger partial charge in [0, 0.05) is 17.1 Å². The highest BCUT2D eigenvalue weighted by Gasteiger charge is 2.04. The first-order valence-corrected chi connectivity index (χ1v) is 6.93. The van der Waals surface area contributed by atoms with Crippen LogP contribution in [0.4, 0.5) is 0 Å². The van der Waals surface area contributed by atoms with Crippen LogP contribution in [-0.2, 0) is 5.88 Å². The third-order valence-corrected chi connectivity index (χ3v) is 3.15. The van der Waals surface area contributed by atoms with Gasteiger partial charge < -0.3 is 4.74 Å². The Kier molecular flexibility index (Phi) is 4.43. The van der Waals surface area contributed by atoms with Gasteiger partial charge in [0.25, 0.3) is 0 Å². The summed E-state index contributed by atoms with van der Waals surface area (Å²) in [6, 6.07) is 12.0. The second-order valence-corrected chi connectivity index (χ2v) is 5.03. The van der Waals surface area contributed by atoms with Crippen molar-refractivity contribution in [2.24, 2.45) is 0 Å². The van der Waals surface area contributed by atoms with E-state index < -0.39 is 0 Å². The highest BCUT2D eigenvalue weighted by molar-refractivity contribution is 6.17. The van der Waals surface area contributed by atoms with Gasteiger partial charge in [-0.1, -0.05) is 6.07 Å². The van der Waals surface area contributed by atoms with E-state index in [2.05, 4.69) is 4.98 Å². The monoisotopic (exact) mass is 275 g/mol. The number of hydrogen-bond acceptors (Lipinski definition) is 2. The maximum Gasteiger partial charge on any atom is 0.119 e. The van der Waals surface area contributed by atoms with E-state index in [4.69, 9.17) is 16.3 Å². The molecule has 0 saturated heterocycles. The summed E-state index contributed by atoms with van der Waals surface area (Å²) >= 11 is 5.84. The smallest absolute Gasteiger partial charge is 0.119 e. The summed E-state index contributed by atoms with van der Waals surface area (Å²) < 4.78 is 5.63. The number of aryl methyl sites for hydroxylation is 1. The van der Waals surface area contributed by atoms with E-state index in [9.17, 15) is 0 Å². The van der Waals surface area contributed by atoms with Crippen LogP contribution >= 0.6 is 11.6 Å². The van der Waals surface area contributed by atoms with Crippen LogP contribution in [0.25, 0.3) is 11.3 Å². The van der Waals surface area contributed by atoms with E-state index >= 15 is 0 Å². The molecule has 0 spiro atoms. The number of ether oxygens (including phenoxy) is 1. The Morgan fingerprint density at radius 1 is 1.11 bits per heavy atom. The highest BCUT2D eigenvalue weighted by Crippen LogP contribution is 2.23. The van der Waals surface area contributed by atoms with Crippen molar-refractivity contribution in [2.75, 3.05) is 0 Å². The number of hydrogen-bond donors (Lipinski definition) is 0. The molecule has 1 aromatic heterocycles. The molecule has 0 unspecified atom stereocenters. The molecule has 0 amide bonds. The molecular weight excluding hydrogens is 258 g/mol. The molecule has 100 valence electrons. The first kappa shape index (κ1) is 13.9. The zero-order valence-corrected chi connectivity index (χ0v) is 12.2. The van der Waals surface area contributed by atoms with Gasteiger partial charge in [-0.15, -0.1) is 11.6 Å². The summed E-state index contributed by atoms with van der Waals surface area (Å²) in [4.78, 5) is 4.58. The zero-order valence-electron chi connectivity index (χ0n) is 11.5. The number of rotatable bonds is 4. The predicted molar refractivity (Wildman–Crippen MR) is 79.7 cm³/mol. The Bertz CT molecular complexity index is 549. The lowest BCUT2D eigenvalue weighted by molar-refractivity contribution is 0.242. The standard InChI is InChI=1S/C16H18ClNO/c1-11(2)19-15-7-4-13(5-8-15)16-9-6-14(10-17)12(3)18-16/h4-9,11H,10H2,1-3H3. The minimum atomic E-state index is 0.189. The van der Waals surface area contributed by atoms with Gasteiger partial charge >= 0.3 is 0 Å². The number of nitrogens with zero attached hydrogens (tertiary/aromatic N) is 1. The van der Waals surface area contributed by atoms with Gasteiger partial charge in [0.1, 0.15) is 5.75 Å². The Balaban J connectivity index is 2.24. The fourth-order valence-corrected chi connectivity index (χ4v) is 2.15. The number of halogens is 1. The molecule has 2 aromatic rings. The van der Waals surface area contributed by atoms with Crippen molar-refractivity contribution in [1.82, 2.24) is 4.98 Å². The quantitative estimate of drug-likeness (QED) is 0.762. The van der Waals surface area contributed by atoms with Gasteiger partial charge in [-0.3, -0.25) is 4.98 Å². The third kappa shape index (κ3) is 3.48. The molecule has 0 bridgehead atoms. The lowest BCUT2D eigenvalue weighted by Gasteiger charge is -2.10. The topological polar surface area (TPSA) is 22.1 Å². The molecule has 0 saturated carbocycles. The first-order valence-electron chi connectivity index (χ1n) is 6.39. The van der Waals surface area contributed by atoms with E-state index in [-0.39, 0.29) is 6.10 Å². The Morgan fingerprint density at radius 2 is 1.79 bits per heavy atom. The second kappa shape index (κ2) is 6.07. The van der Waals surface area contributed by atoms with E-state index in [0.717, 1.165) is 28.3 Å². The molecule has 2 rings (SSSR count). The minimum absolute atomic E-state index is 0.189. The molecule has 0 aliphatic heterocycles. The number of pyridine rings is 1. The van der Waals surface area contributed by atoms with Crippen molar-refractivity contribution in [3.63, 3.8) is 0 Å². The molecule has 0 fully saturated rings. The molecule has 1 heterocycles. The van der Waals surface area contributed by atoms with Gasteiger partial charge in [0.05, 0.1) is 11.8 Å². The van der Waals surface area contributed by atoms with E-state index in [1.807, 2.05) is 57.2 Å². The van der Waals surface area contributed by atoms with Gasteiger partial charge in [-0.2, -0.15) is 0 Å². The van der Waals surface area contributed by atoms with Crippen LogP contribution in [0.3, 0.4) is 0 Å². The van der Waals surface area contributed by atoms with Crippen molar-refractivity contribution < 1.29 is 4.74 Å². The number of aromatic nitrogens is 1. The first-order chi connectivity index (χ1) is 9.10. The third-order valence-electron chi connectivity index (χ3n) is 2.86. The fourth-order valence-electron chi connectivity index (χ4n) is 1.87. The van der Waals surface area contributed by atoms with Crippen LogP contribution in [0.15, 0.2) is 36.4 Å². The van der Waals surface area contributed by atoms with Crippen LogP contribution < -0.4 is 4.74 Å². The van der Waals surface area contributed by atoms with E-state index in [1.54, 1.807) is 0 Å². The summed E-state index contributed by atoms with van der Waals surface area (Å²) in [6.45, 7) is 6.02. The molecule has 3 heteroatoms. The number of benzene rings is 1. The predicted octanol–water partition coefficient (Wildman–Crippen LogP) is 4.58. The Labute approximate surface area is 119 Å². The Morgan fingerprint density at radius 3 is 2.32 bits per heavy atom. The van der Waals surface area contributed by atoms with Crippen molar-refractivity contribution in [1.29, 1.82) is 0 Å². The average molecular weight is 276 g/mol. The lowest BCUT2D eigenvalue weighted by atomic mass is 10.1. The SMILES string of the molecule is Cc1nc(-c2ccc(OC(C)C)cc2)ccc1CCl. The summed E-state index contributed by atoms with van der Waals surface area (Å²) in [7, 11) is 0. The van der Waals surface area contributed by atoms with Gasteiger partial charge in [-0.05, 0) is 56.7 Å². The van der Waals surface area contributed by atoms with Crippen LogP contribution in [0.5, 0.6) is 5.75 Å². The van der Waals surface area contributed by atoms with Crippen LogP contribution in [0.1, 0.15) is 25.1 Å². The summed E-state index contributed by atoms with van der Waals surface area (Å²) in [5.41, 5.74) is 4.10. The summed E-state index contributed by atoms with van der Waals surface area (Å²) in [6.07, 6.45) is 0.189. The Hall–Kier alpha value is -1.54. The molecule has 0 aliphatic rings. The largest absolute Gasteiger partial charge is 0.491 e. The molecule has 0 aliphatic carbocycles. The molecular formula is C16H18ClNO. The minimum Gasteiger partial charge on any atom is -0.491 e.